The molecular formula is C14H22BrClN2O4S. The van der Waals surface area contributed by atoms with Crippen molar-refractivity contribution in [1.82, 2.24) is 9.62 Å². The van der Waals surface area contributed by atoms with E-state index < -0.39 is 10.0 Å². The first-order chi connectivity index (χ1) is 10.4. The minimum absolute atomic E-state index is 0. The van der Waals surface area contributed by atoms with Crippen LogP contribution in [-0.2, 0) is 10.0 Å². The van der Waals surface area contributed by atoms with Crippen LogP contribution in [0.5, 0.6) is 11.5 Å². The average Bonchev–Trinajstić information content (AvgIpc) is 2.54. The number of hydrogen-bond acceptors (Lipinski definition) is 5. The summed E-state index contributed by atoms with van der Waals surface area (Å²) in [5, 5.41) is 3.15. The molecule has 0 aromatic heterocycles. The zero-order chi connectivity index (χ0) is 16.3. The largest absolute Gasteiger partial charge is 0.495 e. The third kappa shape index (κ3) is 4.30. The van der Waals surface area contributed by atoms with Gasteiger partial charge in [-0.2, -0.15) is 4.31 Å². The van der Waals surface area contributed by atoms with Crippen molar-refractivity contribution in [3.8, 4) is 11.5 Å². The molecule has 0 radical (unpaired) electrons. The highest BCUT2D eigenvalue weighted by Crippen LogP contribution is 2.37. The summed E-state index contributed by atoms with van der Waals surface area (Å²) in [5.41, 5.74) is 0. The summed E-state index contributed by atoms with van der Waals surface area (Å²) in [4.78, 5) is 0.152. The van der Waals surface area contributed by atoms with Crippen LogP contribution >= 0.6 is 28.3 Å². The standard InChI is InChI=1S/C14H21BrN2O4S.ClH/c1-16-10-5-4-6-17(9-10)22(18,19)14-7-11(15)12(20-2)8-13(14)21-3;/h7-8,10,16H,4-6,9H2,1-3H3;1H. The second-order valence-electron chi connectivity index (χ2n) is 5.13. The van der Waals surface area contributed by atoms with Crippen molar-refractivity contribution < 1.29 is 17.9 Å². The summed E-state index contributed by atoms with van der Waals surface area (Å²) in [5.74, 6) is 0.814. The summed E-state index contributed by atoms with van der Waals surface area (Å²) in [6.07, 6.45) is 1.82. The number of hydrogen-bond donors (Lipinski definition) is 1. The van der Waals surface area contributed by atoms with Crippen LogP contribution in [0.1, 0.15) is 12.8 Å². The summed E-state index contributed by atoms with van der Waals surface area (Å²) >= 11 is 3.34. The van der Waals surface area contributed by atoms with Gasteiger partial charge in [0.05, 0.1) is 18.7 Å². The zero-order valence-electron chi connectivity index (χ0n) is 13.3. The second-order valence-corrected chi connectivity index (χ2v) is 7.89. The van der Waals surface area contributed by atoms with Gasteiger partial charge in [0.2, 0.25) is 10.0 Å². The number of nitrogens with one attached hydrogen (secondary N) is 1. The van der Waals surface area contributed by atoms with Crippen molar-refractivity contribution in [3.63, 3.8) is 0 Å². The fourth-order valence-corrected chi connectivity index (χ4v) is 4.91. The van der Waals surface area contributed by atoms with E-state index in [1.165, 1.54) is 24.6 Å². The lowest BCUT2D eigenvalue weighted by Gasteiger charge is -2.32. The van der Waals surface area contributed by atoms with Gasteiger partial charge < -0.3 is 14.8 Å². The van der Waals surface area contributed by atoms with Gasteiger partial charge in [0.15, 0.2) is 0 Å². The van der Waals surface area contributed by atoms with Gasteiger partial charge in [-0.05, 0) is 41.9 Å². The van der Waals surface area contributed by atoms with Gasteiger partial charge in [-0.25, -0.2) is 8.42 Å². The summed E-state index contributed by atoms with van der Waals surface area (Å²) in [7, 11) is 1.22. The maximum atomic E-state index is 12.9. The van der Waals surface area contributed by atoms with Gasteiger partial charge in [0.25, 0.3) is 0 Å². The molecule has 0 saturated carbocycles. The Labute approximate surface area is 152 Å². The fraction of sp³-hybridized carbons (Fsp3) is 0.571. The Kier molecular flexibility index (Phi) is 7.60. The Bertz CT molecular complexity index is 642. The predicted molar refractivity (Wildman–Crippen MR) is 95.3 cm³/mol. The summed E-state index contributed by atoms with van der Waals surface area (Å²) in [6, 6.07) is 3.29. The number of piperidine rings is 1. The molecule has 1 unspecified atom stereocenters. The molecule has 2 rings (SSSR count). The van der Waals surface area contributed by atoms with Crippen molar-refractivity contribution in [3.05, 3.63) is 16.6 Å². The minimum Gasteiger partial charge on any atom is -0.495 e. The van der Waals surface area contributed by atoms with Crippen molar-refractivity contribution >= 4 is 38.4 Å². The van der Waals surface area contributed by atoms with Gasteiger partial charge in [-0.15, -0.1) is 12.4 Å². The summed E-state index contributed by atoms with van der Waals surface area (Å²) < 4.78 is 38.4. The van der Waals surface area contributed by atoms with Crippen LogP contribution < -0.4 is 14.8 Å². The molecule has 1 aromatic carbocycles. The van der Waals surface area contributed by atoms with Crippen LogP contribution in [0.2, 0.25) is 0 Å². The van der Waals surface area contributed by atoms with Gasteiger partial charge in [-0.3, -0.25) is 0 Å². The highest BCUT2D eigenvalue weighted by Gasteiger charge is 2.32. The van der Waals surface area contributed by atoms with E-state index >= 15 is 0 Å². The number of ether oxygens (including phenoxy) is 2. The molecule has 0 amide bonds. The number of sulfonamides is 1. The molecule has 0 aliphatic carbocycles. The predicted octanol–water partition coefficient (Wildman–Crippen LogP) is 2.26. The van der Waals surface area contributed by atoms with E-state index in [1.807, 2.05) is 7.05 Å². The lowest BCUT2D eigenvalue weighted by atomic mass is 10.1. The summed E-state index contributed by atoms with van der Waals surface area (Å²) in [6.45, 7) is 0.985. The minimum atomic E-state index is -3.61. The van der Waals surface area contributed by atoms with E-state index in [2.05, 4.69) is 21.2 Å². The molecule has 1 heterocycles. The first kappa shape index (κ1) is 20.5. The Morgan fingerprint density at radius 2 is 1.91 bits per heavy atom. The van der Waals surface area contributed by atoms with Crippen LogP contribution in [0.3, 0.4) is 0 Å². The van der Waals surface area contributed by atoms with Gasteiger partial charge >= 0.3 is 0 Å². The number of nitrogens with zero attached hydrogens (tertiary/aromatic N) is 1. The number of methoxy groups -OCH3 is 2. The van der Waals surface area contributed by atoms with Crippen LogP contribution in [0.15, 0.2) is 21.5 Å². The van der Waals surface area contributed by atoms with E-state index in [4.69, 9.17) is 9.47 Å². The molecule has 1 aliphatic rings. The molecule has 0 spiro atoms. The molecule has 1 aliphatic heterocycles. The van der Waals surface area contributed by atoms with E-state index in [0.717, 1.165) is 12.8 Å². The number of rotatable bonds is 5. The van der Waals surface area contributed by atoms with Crippen molar-refractivity contribution in [2.45, 2.75) is 23.8 Å². The van der Waals surface area contributed by atoms with E-state index in [1.54, 1.807) is 6.07 Å². The normalized spacial score (nSPS) is 19.0. The van der Waals surface area contributed by atoms with Crippen LogP contribution in [0.25, 0.3) is 0 Å². The van der Waals surface area contributed by atoms with Gasteiger partial charge in [0.1, 0.15) is 16.4 Å². The SMILES string of the molecule is CNC1CCCN(S(=O)(=O)c2cc(Br)c(OC)cc2OC)C1.Cl. The highest BCUT2D eigenvalue weighted by atomic mass is 79.9. The van der Waals surface area contributed by atoms with Crippen molar-refractivity contribution in [2.24, 2.45) is 0 Å². The quantitative estimate of drug-likeness (QED) is 0.777. The molecular weight excluding hydrogens is 408 g/mol. The van der Waals surface area contributed by atoms with Crippen molar-refractivity contribution in [1.29, 1.82) is 0 Å². The van der Waals surface area contributed by atoms with Crippen LogP contribution in [0, 0.1) is 0 Å². The molecule has 1 fully saturated rings. The number of likely N-dealkylation sites (N-methyl/N-ethyl adjacent to an activating group) is 1. The smallest absolute Gasteiger partial charge is 0.246 e. The Morgan fingerprint density at radius 1 is 1.26 bits per heavy atom. The maximum absolute atomic E-state index is 12.9. The lowest BCUT2D eigenvalue weighted by molar-refractivity contribution is 0.291. The molecule has 132 valence electrons. The van der Waals surface area contributed by atoms with Crippen LogP contribution in [0.4, 0.5) is 0 Å². The number of benzene rings is 1. The van der Waals surface area contributed by atoms with Crippen molar-refractivity contribution in [2.75, 3.05) is 34.4 Å². The molecule has 1 aromatic rings. The third-order valence-corrected chi connectivity index (χ3v) is 6.35. The third-order valence-electron chi connectivity index (χ3n) is 3.85. The van der Waals surface area contributed by atoms with Crippen LogP contribution in [-0.4, -0.2) is 53.1 Å². The molecule has 1 saturated heterocycles. The Hall–Kier alpha value is -0.540. The highest BCUT2D eigenvalue weighted by molar-refractivity contribution is 9.10. The first-order valence-electron chi connectivity index (χ1n) is 7.03. The Balaban J connectivity index is 0.00000264. The number of halogens is 2. The molecule has 9 heteroatoms. The topological polar surface area (TPSA) is 67.9 Å². The average molecular weight is 430 g/mol. The molecule has 23 heavy (non-hydrogen) atoms. The monoisotopic (exact) mass is 428 g/mol. The maximum Gasteiger partial charge on any atom is 0.246 e. The molecule has 1 atom stereocenters. The zero-order valence-corrected chi connectivity index (χ0v) is 16.6. The van der Waals surface area contributed by atoms with E-state index in [9.17, 15) is 8.42 Å². The second kappa shape index (κ2) is 8.53. The fourth-order valence-electron chi connectivity index (χ4n) is 2.57. The Morgan fingerprint density at radius 3 is 2.48 bits per heavy atom. The molecule has 6 nitrogen and oxygen atoms in total. The first-order valence-corrected chi connectivity index (χ1v) is 9.26. The van der Waals surface area contributed by atoms with Gasteiger partial charge in [-0.1, -0.05) is 0 Å². The molecule has 1 N–H and O–H groups in total. The molecule has 0 bridgehead atoms. The van der Waals surface area contributed by atoms with Gasteiger partial charge in [0, 0.05) is 25.2 Å². The van der Waals surface area contributed by atoms with E-state index in [0.29, 0.717) is 23.3 Å². The lowest BCUT2D eigenvalue weighted by Crippen LogP contribution is -2.46. The van der Waals surface area contributed by atoms with E-state index in [-0.39, 0.29) is 29.1 Å².